The summed E-state index contributed by atoms with van der Waals surface area (Å²) in [5.41, 5.74) is -2.65. The number of carbonyl (C=O) groups is 5. The first-order valence-electron chi connectivity index (χ1n) is 22.6. The predicted octanol–water partition coefficient (Wildman–Crippen LogP) is 0.105. The molecule has 1 aliphatic rings. The highest BCUT2D eigenvalue weighted by Crippen LogP contribution is 2.20. The standard InChI is InChI=1S/C43H78N8O14S/c1-31(2)22-34(46-37(53)25-45-40(56)35(23-32(3)4)47-36(52)24-44-38(54)27-50-13-18-61-19-14-50)39(55)43(9,57)30-65-66(58,59)21-11-16-62-28-33-26-51(49-48-33)15-20-63-42(7,8)29-64-41(5,6)12-17-60-10/h26,31-32,34-35,57H,11-25,27-30H2,1-10H3,(H,44,54)(H,45,56)(H,46,53)(H,47,52)/t34-,35-,43?/m0/s1. The molecule has 1 unspecified atom stereocenters. The van der Waals surface area contributed by atoms with Crippen LogP contribution in [0.3, 0.4) is 0 Å². The zero-order valence-electron chi connectivity index (χ0n) is 40.8. The molecule has 1 aromatic rings. The van der Waals surface area contributed by atoms with Crippen molar-refractivity contribution in [3.8, 4) is 0 Å². The molecule has 23 heteroatoms. The maximum atomic E-state index is 13.5. The van der Waals surface area contributed by atoms with Crippen LogP contribution in [0.4, 0.5) is 0 Å². The van der Waals surface area contributed by atoms with Gasteiger partial charge in [-0.05, 0) is 72.1 Å². The number of aromatic nitrogens is 3. The zero-order valence-corrected chi connectivity index (χ0v) is 41.6. The number of aliphatic hydroxyl groups is 1. The second-order valence-corrected chi connectivity index (χ2v) is 20.6. The maximum absolute atomic E-state index is 13.5. The van der Waals surface area contributed by atoms with Gasteiger partial charge in [0.2, 0.25) is 23.6 Å². The number of ketones is 1. The van der Waals surface area contributed by atoms with Gasteiger partial charge in [0.1, 0.15) is 23.9 Å². The number of carbonyl (C=O) groups excluding carboxylic acids is 5. The Kier molecular flexibility index (Phi) is 25.3. The minimum Gasteiger partial charge on any atom is -0.385 e. The fraction of sp³-hybridized carbons (Fsp3) is 0.837. The van der Waals surface area contributed by atoms with Crippen molar-refractivity contribution in [2.75, 3.05) is 91.8 Å². The second kappa shape index (κ2) is 28.6. The Balaban J connectivity index is 1.79. The summed E-state index contributed by atoms with van der Waals surface area (Å²) in [6.45, 7) is 18.8. The van der Waals surface area contributed by atoms with Gasteiger partial charge in [-0.1, -0.05) is 32.9 Å². The Morgan fingerprint density at radius 1 is 0.833 bits per heavy atom. The van der Waals surface area contributed by atoms with E-state index in [1.165, 1.54) is 0 Å². The molecule has 0 radical (unpaired) electrons. The summed E-state index contributed by atoms with van der Waals surface area (Å²) in [6.07, 6.45) is 2.83. The van der Waals surface area contributed by atoms with Crippen molar-refractivity contribution in [1.29, 1.82) is 0 Å². The number of hydrogen-bond acceptors (Lipinski definition) is 17. The van der Waals surface area contributed by atoms with Gasteiger partial charge in [0.05, 0.1) is 88.4 Å². The second-order valence-electron chi connectivity index (χ2n) is 18.8. The van der Waals surface area contributed by atoms with E-state index < -0.39 is 75.8 Å². The van der Waals surface area contributed by atoms with Gasteiger partial charge in [0.25, 0.3) is 10.1 Å². The van der Waals surface area contributed by atoms with Gasteiger partial charge in [0.15, 0.2) is 5.78 Å². The summed E-state index contributed by atoms with van der Waals surface area (Å²) in [7, 11) is -2.55. The fourth-order valence-corrected chi connectivity index (χ4v) is 7.37. The molecule has 66 heavy (non-hydrogen) atoms. The van der Waals surface area contributed by atoms with Crippen LogP contribution in [0.1, 0.15) is 93.7 Å². The Hall–Kier alpha value is -3.68. The van der Waals surface area contributed by atoms with E-state index in [2.05, 4.69) is 31.6 Å². The van der Waals surface area contributed by atoms with E-state index in [0.717, 1.165) is 13.3 Å². The van der Waals surface area contributed by atoms with Gasteiger partial charge < -0.3 is 50.1 Å². The number of methoxy groups -OCH3 is 1. The summed E-state index contributed by atoms with van der Waals surface area (Å²) in [5, 5.41) is 29.4. The van der Waals surface area contributed by atoms with Crippen molar-refractivity contribution in [1.82, 2.24) is 41.2 Å². The number of hydrogen-bond donors (Lipinski definition) is 5. The number of Topliss-reactive ketones (excluding diaryl/α,β-unsaturated/α-hetero) is 1. The molecule has 0 aliphatic carbocycles. The molecule has 1 aromatic heterocycles. The molecule has 4 amide bonds. The van der Waals surface area contributed by atoms with Crippen LogP contribution >= 0.6 is 0 Å². The molecule has 1 fully saturated rings. The van der Waals surface area contributed by atoms with E-state index >= 15 is 0 Å². The molecule has 2 rings (SSSR count). The number of rotatable bonds is 34. The zero-order chi connectivity index (χ0) is 49.6. The van der Waals surface area contributed by atoms with Crippen molar-refractivity contribution in [3.63, 3.8) is 0 Å². The lowest BCUT2D eigenvalue weighted by Gasteiger charge is -2.32. The third-order valence-corrected chi connectivity index (χ3v) is 11.4. The Labute approximate surface area is 390 Å². The predicted molar refractivity (Wildman–Crippen MR) is 242 cm³/mol. The van der Waals surface area contributed by atoms with Gasteiger partial charge in [0, 0.05) is 33.4 Å². The molecular weight excluding hydrogens is 885 g/mol. The Bertz CT molecular complexity index is 1770. The first kappa shape index (κ1) is 58.4. The minimum absolute atomic E-state index is 0.0209. The molecule has 1 saturated heterocycles. The molecule has 0 spiro atoms. The lowest BCUT2D eigenvalue weighted by Crippen LogP contribution is -2.56. The van der Waals surface area contributed by atoms with E-state index in [-0.39, 0.29) is 68.9 Å². The summed E-state index contributed by atoms with van der Waals surface area (Å²) in [6, 6.07) is -2.27. The van der Waals surface area contributed by atoms with Crippen LogP contribution in [0.25, 0.3) is 0 Å². The number of morpholine rings is 1. The smallest absolute Gasteiger partial charge is 0.267 e. The van der Waals surface area contributed by atoms with Crippen molar-refractivity contribution in [3.05, 3.63) is 11.9 Å². The average Bonchev–Trinajstić information content (AvgIpc) is 3.69. The highest BCUT2D eigenvalue weighted by molar-refractivity contribution is 7.86. The quantitative estimate of drug-likeness (QED) is 0.0453. The van der Waals surface area contributed by atoms with Crippen LogP contribution in [-0.4, -0.2) is 184 Å². The van der Waals surface area contributed by atoms with E-state index in [1.54, 1.807) is 31.8 Å². The van der Waals surface area contributed by atoms with Gasteiger partial charge in [-0.3, -0.25) is 33.1 Å². The molecule has 5 N–H and O–H groups in total. The van der Waals surface area contributed by atoms with Crippen LogP contribution < -0.4 is 21.3 Å². The van der Waals surface area contributed by atoms with E-state index in [0.29, 0.717) is 58.4 Å². The lowest BCUT2D eigenvalue weighted by atomic mass is 9.90. The fourth-order valence-electron chi connectivity index (χ4n) is 6.37. The molecule has 0 aromatic carbocycles. The summed E-state index contributed by atoms with van der Waals surface area (Å²) in [4.78, 5) is 66.6. The molecule has 22 nitrogen and oxygen atoms in total. The highest BCUT2D eigenvalue weighted by atomic mass is 32.2. The van der Waals surface area contributed by atoms with Crippen molar-refractivity contribution < 1.29 is 65.4 Å². The topological polar surface area (TPSA) is 277 Å². The van der Waals surface area contributed by atoms with E-state index in [9.17, 15) is 37.5 Å². The van der Waals surface area contributed by atoms with Gasteiger partial charge >= 0.3 is 0 Å². The van der Waals surface area contributed by atoms with Crippen molar-refractivity contribution in [2.45, 2.75) is 130 Å². The maximum Gasteiger partial charge on any atom is 0.267 e. The molecule has 3 atom stereocenters. The van der Waals surface area contributed by atoms with Gasteiger partial charge in [-0.2, -0.15) is 8.42 Å². The van der Waals surface area contributed by atoms with E-state index in [1.807, 2.05) is 46.4 Å². The first-order chi connectivity index (χ1) is 30.8. The molecule has 2 heterocycles. The normalized spacial score (nSPS) is 15.8. The SMILES string of the molecule is COCCC(C)(C)OCC(C)(C)OCCn1cc(COCCCS(=O)(=O)OCC(C)(O)C(=O)[C@H](CC(C)C)NC(=O)CNC(=O)[C@H](CC(C)C)NC(=O)CNC(=O)CN2CCOCC2)nn1. The van der Waals surface area contributed by atoms with E-state index in [4.69, 9.17) is 27.9 Å². The summed E-state index contributed by atoms with van der Waals surface area (Å²) < 4.78 is 60.2. The van der Waals surface area contributed by atoms with Crippen molar-refractivity contribution in [2.24, 2.45) is 11.8 Å². The average molecular weight is 963 g/mol. The van der Waals surface area contributed by atoms with Gasteiger partial charge in [-0.15, -0.1) is 5.10 Å². The largest absolute Gasteiger partial charge is 0.385 e. The van der Waals surface area contributed by atoms with Gasteiger partial charge in [-0.25, -0.2) is 4.68 Å². The van der Waals surface area contributed by atoms with Crippen LogP contribution in [-0.2, 0) is 75.1 Å². The summed E-state index contributed by atoms with van der Waals surface area (Å²) >= 11 is 0. The molecule has 0 bridgehead atoms. The third-order valence-electron chi connectivity index (χ3n) is 10.2. The monoisotopic (exact) mass is 963 g/mol. The molecule has 0 saturated carbocycles. The number of nitrogens with zero attached hydrogens (tertiary/aromatic N) is 4. The number of nitrogens with one attached hydrogen (secondary N) is 4. The highest BCUT2D eigenvalue weighted by Gasteiger charge is 2.39. The molecular formula is C43H78N8O14S. The summed E-state index contributed by atoms with van der Waals surface area (Å²) in [5.74, 6) is -3.85. The number of ether oxygens (including phenoxy) is 5. The Morgan fingerprint density at radius 3 is 2.09 bits per heavy atom. The lowest BCUT2D eigenvalue weighted by molar-refractivity contribution is -0.143. The van der Waals surface area contributed by atoms with Crippen LogP contribution in [0.15, 0.2) is 6.20 Å². The van der Waals surface area contributed by atoms with Crippen LogP contribution in [0, 0.1) is 11.8 Å². The van der Waals surface area contributed by atoms with Crippen molar-refractivity contribution >= 4 is 39.5 Å². The first-order valence-corrected chi connectivity index (χ1v) is 24.2. The molecule has 1 aliphatic heterocycles. The number of amides is 4. The molecule has 380 valence electrons. The Morgan fingerprint density at radius 2 is 1.45 bits per heavy atom. The minimum atomic E-state index is -4.20. The van der Waals surface area contributed by atoms with Crippen LogP contribution in [0.2, 0.25) is 0 Å². The third kappa shape index (κ3) is 24.9. The van der Waals surface area contributed by atoms with Crippen LogP contribution in [0.5, 0.6) is 0 Å².